The molecule has 1 aromatic carbocycles. The molecule has 1 unspecified atom stereocenters. The summed E-state index contributed by atoms with van der Waals surface area (Å²) >= 11 is 0. The van der Waals surface area contributed by atoms with E-state index in [9.17, 15) is 0 Å². The van der Waals surface area contributed by atoms with Crippen molar-refractivity contribution in [3.8, 4) is 17.2 Å². The van der Waals surface area contributed by atoms with Crippen LogP contribution in [0.2, 0.25) is 0 Å². The van der Waals surface area contributed by atoms with Crippen LogP contribution < -0.4 is 19.5 Å². The number of hydrogen-bond acceptors (Lipinski definition) is 4. The summed E-state index contributed by atoms with van der Waals surface area (Å²) in [4.78, 5) is 0. The number of likely N-dealkylation sites (N-methyl/N-ethyl adjacent to an activating group) is 1. The van der Waals surface area contributed by atoms with E-state index in [1.54, 1.807) is 0 Å². The normalized spacial score (nSPS) is 14.9. The topological polar surface area (TPSA) is 39.7 Å². The highest BCUT2D eigenvalue weighted by Gasteiger charge is 2.13. The highest BCUT2D eigenvalue weighted by Crippen LogP contribution is 2.34. The van der Waals surface area contributed by atoms with Crippen LogP contribution in [-0.4, -0.2) is 26.0 Å². The monoisotopic (exact) mass is 223 g/mol. The fourth-order valence-electron chi connectivity index (χ4n) is 1.59. The molecule has 0 spiro atoms. The van der Waals surface area contributed by atoms with E-state index in [0.717, 1.165) is 23.8 Å². The van der Waals surface area contributed by atoms with Crippen LogP contribution in [-0.2, 0) is 0 Å². The first-order chi connectivity index (χ1) is 7.79. The van der Waals surface area contributed by atoms with Crippen molar-refractivity contribution in [2.24, 2.45) is 0 Å². The zero-order chi connectivity index (χ0) is 11.4. The molecule has 0 saturated heterocycles. The Hall–Kier alpha value is -1.42. The number of hydrogen-bond donors (Lipinski definition) is 1. The van der Waals surface area contributed by atoms with Crippen molar-refractivity contribution < 1.29 is 14.2 Å². The fraction of sp³-hybridized carbons (Fsp3) is 0.500. The van der Waals surface area contributed by atoms with Gasteiger partial charge >= 0.3 is 0 Å². The predicted molar refractivity (Wildman–Crippen MR) is 61.2 cm³/mol. The smallest absolute Gasteiger partial charge is 0.231 e. The van der Waals surface area contributed by atoms with Crippen molar-refractivity contribution in [1.82, 2.24) is 5.32 Å². The number of benzene rings is 1. The first-order valence-electron chi connectivity index (χ1n) is 5.55. The van der Waals surface area contributed by atoms with Crippen LogP contribution in [0.4, 0.5) is 0 Å². The van der Waals surface area contributed by atoms with Gasteiger partial charge in [-0.2, -0.15) is 0 Å². The molecule has 2 rings (SSSR count). The van der Waals surface area contributed by atoms with Gasteiger partial charge in [0.2, 0.25) is 6.79 Å². The Labute approximate surface area is 95.5 Å². The van der Waals surface area contributed by atoms with Crippen molar-refractivity contribution >= 4 is 0 Å². The molecule has 0 radical (unpaired) electrons. The Morgan fingerprint density at radius 1 is 1.44 bits per heavy atom. The van der Waals surface area contributed by atoms with Crippen LogP contribution in [0.15, 0.2) is 18.2 Å². The third-order valence-corrected chi connectivity index (χ3v) is 2.40. The van der Waals surface area contributed by atoms with Gasteiger partial charge in [-0.25, -0.2) is 0 Å². The molecule has 4 nitrogen and oxygen atoms in total. The van der Waals surface area contributed by atoms with Crippen LogP contribution >= 0.6 is 0 Å². The average molecular weight is 223 g/mol. The summed E-state index contributed by atoms with van der Waals surface area (Å²) in [5.41, 5.74) is 0. The zero-order valence-electron chi connectivity index (χ0n) is 9.66. The minimum atomic E-state index is 0.265. The predicted octanol–water partition coefficient (Wildman–Crippen LogP) is 1.79. The van der Waals surface area contributed by atoms with Gasteiger partial charge in [0.25, 0.3) is 0 Å². The fourth-order valence-corrected chi connectivity index (χ4v) is 1.59. The number of ether oxygens (including phenoxy) is 3. The molecule has 1 heterocycles. The standard InChI is InChI=1S/C12H17NO3/c1-3-13-9(2)7-14-11-5-4-10-6-12(11)16-8-15-10/h4-6,9,13H,3,7-8H2,1-2H3. The van der Waals surface area contributed by atoms with Gasteiger partial charge < -0.3 is 19.5 Å². The van der Waals surface area contributed by atoms with Crippen LogP contribution in [0, 0.1) is 0 Å². The summed E-state index contributed by atoms with van der Waals surface area (Å²) in [7, 11) is 0. The summed E-state index contributed by atoms with van der Waals surface area (Å²) in [5.74, 6) is 2.36. The van der Waals surface area contributed by atoms with Gasteiger partial charge in [0, 0.05) is 12.1 Å². The molecular weight excluding hydrogens is 206 g/mol. The highest BCUT2D eigenvalue weighted by molar-refractivity contribution is 5.46. The van der Waals surface area contributed by atoms with Gasteiger partial charge in [0.15, 0.2) is 11.5 Å². The molecule has 4 heteroatoms. The van der Waals surface area contributed by atoms with E-state index in [1.807, 2.05) is 18.2 Å². The lowest BCUT2D eigenvalue weighted by molar-refractivity contribution is 0.0992. The maximum Gasteiger partial charge on any atom is 0.231 e. The number of fused-ring (bicyclic) bond motifs is 2. The number of nitrogens with one attached hydrogen (secondary N) is 1. The second-order valence-corrected chi connectivity index (χ2v) is 3.78. The minimum Gasteiger partial charge on any atom is -0.488 e. The van der Waals surface area contributed by atoms with Crippen LogP contribution in [0.5, 0.6) is 17.2 Å². The maximum atomic E-state index is 5.69. The summed E-state index contributed by atoms with van der Waals surface area (Å²) in [6.45, 7) is 6.01. The number of rotatable bonds is 5. The van der Waals surface area contributed by atoms with Crippen LogP contribution in [0.25, 0.3) is 0 Å². The lowest BCUT2D eigenvalue weighted by atomic mass is 10.3. The zero-order valence-corrected chi connectivity index (χ0v) is 9.66. The van der Waals surface area contributed by atoms with Gasteiger partial charge in [-0.15, -0.1) is 0 Å². The second kappa shape index (κ2) is 5.07. The molecule has 16 heavy (non-hydrogen) atoms. The van der Waals surface area contributed by atoms with Crippen molar-refractivity contribution in [3.63, 3.8) is 0 Å². The van der Waals surface area contributed by atoms with E-state index in [4.69, 9.17) is 14.2 Å². The SMILES string of the molecule is CCNC(C)COc1ccc2cc1OCO2. The van der Waals surface area contributed by atoms with E-state index in [-0.39, 0.29) is 6.79 Å². The molecule has 1 atom stereocenters. The van der Waals surface area contributed by atoms with Crippen molar-refractivity contribution in [2.75, 3.05) is 19.9 Å². The maximum absolute atomic E-state index is 5.69. The lowest BCUT2D eigenvalue weighted by Crippen LogP contribution is -2.31. The highest BCUT2D eigenvalue weighted by atomic mass is 16.7. The summed E-state index contributed by atoms with van der Waals surface area (Å²) < 4.78 is 16.2. The molecule has 2 bridgehead atoms. The summed E-state index contributed by atoms with van der Waals surface area (Å²) in [5, 5.41) is 3.29. The molecule has 0 amide bonds. The largest absolute Gasteiger partial charge is 0.488 e. The third kappa shape index (κ3) is 2.58. The van der Waals surface area contributed by atoms with E-state index >= 15 is 0 Å². The van der Waals surface area contributed by atoms with E-state index < -0.39 is 0 Å². The second-order valence-electron chi connectivity index (χ2n) is 3.78. The Bertz CT molecular complexity index is 354. The molecule has 1 aromatic rings. The average Bonchev–Trinajstić information content (AvgIpc) is 2.29. The molecule has 1 aliphatic heterocycles. The first kappa shape index (κ1) is 11.1. The minimum absolute atomic E-state index is 0.265. The third-order valence-electron chi connectivity index (χ3n) is 2.40. The van der Waals surface area contributed by atoms with Gasteiger partial charge in [0.1, 0.15) is 12.4 Å². The summed E-state index contributed by atoms with van der Waals surface area (Å²) in [6.07, 6.45) is 0. The molecule has 0 saturated carbocycles. The first-order valence-corrected chi connectivity index (χ1v) is 5.55. The Kier molecular flexibility index (Phi) is 3.51. The van der Waals surface area contributed by atoms with E-state index in [2.05, 4.69) is 19.2 Å². The van der Waals surface area contributed by atoms with Gasteiger partial charge in [0.05, 0.1) is 0 Å². The van der Waals surface area contributed by atoms with Gasteiger partial charge in [-0.3, -0.25) is 0 Å². The molecule has 1 aliphatic rings. The van der Waals surface area contributed by atoms with Gasteiger partial charge in [-0.05, 0) is 25.6 Å². The van der Waals surface area contributed by atoms with Gasteiger partial charge in [-0.1, -0.05) is 6.92 Å². The Morgan fingerprint density at radius 2 is 2.31 bits per heavy atom. The van der Waals surface area contributed by atoms with E-state index in [1.165, 1.54) is 0 Å². The van der Waals surface area contributed by atoms with E-state index in [0.29, 0.717) is 12.6 Å². The Balaban J connectivity index is 1.95. The Morgan fingerprint density at radius 3 is 3.12 bits per heavy atom. The van der Waals surface area contributed by atoms with Crippen molar-refractivity contribution in [3.05, 3.63) is 18.2 Å². The molecule has 1 N–H and O–H groups in total. The molecule has 0 fully saturated rings. The molecule has 0 aromatic heterocycles. The molecule has 88 valence electrons. The van der Waals surface area contributed by atoms with Crippen LogP contribution in [0.1, 0.15) is 13.8 Å². The van der Waals surface area contributed by atoms with Crippen molar-refractivity contribution in [2.45, 2.75) is 19.9 Å². The quantitative estimate of drug-likeness (QED) is 0.826. The lowest BCUT2D eigenvalue weighted by Gasteiger charge is -2.20. The van der Waals surface area contributed by atoms with Crippen LogP contribution in [0.3, 0.4) is 0 Å². The summed E-state index contributed by atoms with van der Waals surface area (Å²) in [6, 6.07) is 5.94. The molecule has 0 aliphatic carbocycles. The van der Waals surface area contributed by atoms with Crippen molar-refractivity contribution in [1.29, 1.82) is 0 Å². The molecular formula is C12H17NO3.